The third-order valence-corrected chi connectivity index (χ3v) is 10.2. The fraction of sp³-hybridized carbons (Fsp3) is 0.448. The number of hydrogen-bond acceptors (Lipinski definition) is 4. The van der Waals surface area contributed by atoms with Gasteiger partial charge in [-0.05, 0) is 133 Å². The molecule has 0 aromatic heterocycles. The molecule has 1 aliphatic heterocycles. The molecule has 37 heavy (non-hydrogen) atoms. The minimum atomic E-state index is 0.109. The number of hydrogen-bond donors (Lipinski definition) is 0. The maximum absolute atomic E-state index is 13.7. The van der Waals surface area contributed by atoms with Crippen molar-refractivity contribution < 1.29 is 9.53 Å². The van der Waals surface area contributed by atoms with Crippen LogP contribution in [0.5, 0.6) is 5.75 Å². The molecule has 5 rings (SSSR count). The van der Waals surface area contributed by atoms with Gasteiger partial charge in [-0.25, -0.2) is 0 Å². The topological polar surface area (TPSA) is 41.9 Å². The van der Waals surface area contributed by atoms with Gasteiger partial charge in [0.2, 0.25) is 0 Å². The molecule has 1 amide bonds. The molecule has 196 valence electrons. The van der Waals surface area contributed by atoms with Gasteiger partial charge in [0.1, 0.15) is 12.4 Å². The van der Waals surface area contributed by atoms with Crippen LogP contribution in [-0.2, 0) is 11.4 Å². The average molecular weight is 758 g/mol. The molecule has 4 nitrogen and oxygen atoms in total. The van der Waals surface area contributed by atoms with E-state index in [1.54, 1.807) is 11.8 Å². The number of rotatable bonds is 6. The van der Waals surface area contributed by atoms with Gasteiger partial charge in [0.15, 0.2) is 5.17 Å². The quantitative estimate of drug-likeness (QED) is 0.218. The number of amides is 1. The number of nitrogens with zero attached hydrogens (tertiary/aromatic N) is 2. The van der Waals surface area contributed by atoms with Crippen molar-refractivity contribution in [2.24, 2.45) is 4.99 Å². The SMILES string of the molecule is O=C1C(=Cc2cc(Br)c(OCc3ccc(I)cc3)c(Br)c2)SC(=NC2CCCCC2)N1C1CCCCC1. The van der Waals surface area contributed by atoms with E-state index in [0.717, 1.165) is 61.6 Å². The summed E-state index contributed by atoms with van der Waals surface area (Å²) < 4.78 is 9.04. The van der Waals surface area contributed by atoms with E-state index in [9.17, 15) is 4.79 Å². The molecule has 0 spiro atoms. The molecule has 8 heteroatoms. The minimum absolute atomic E-state index is 0.109. The van der Waals surface area contributed by atoms with E-state index in [-0.39, 0.29) is 11.9 Å². The molecule has 0 N–H and O–H groups in total. The van der Waals surface area contributed by atoms with E-state index in [1.165, 1.54) is 42.1 Å². The van der Waals surface area contributed by atoms with E-state index in [2.05, 4.69) is 78.7 Å². The van der Waals surface area contributed by atoms with Crippen LogP contribution in [0.25, 0.3) is 6.08 Å². The summed E-state index contributed by atoms with van der Waals surface area (Å²) in [5, 5.41) is 0.922. The zero-order chi connectivity index (χ0) is 25.8. The van der Waals surface area contributed by atoms with Crippen molar-refractivity contribution in [3.8, 4) is 5.75 Å². The van der Waals surface area contributed by atoms with Gasteiger partial charge in [-0.15, -0.1) is 0 Å². The van der Waals surface area contributed by atoms with Gasteiger partial charge in [0.25, 0.3) is 5.91 Å². The van der Waals surface area contributed by atoms with Gasteiger partial charge in [0.05, 0.1) is 19.9 Å². The van der Waals surface area contributed by atoms with Crippen molar-refractivity contribution in [1.29, 1.82) is 0 Å². The monoisotopic (exact) mass is 756 g/mol. The fourth-order valence-electron chi connectivity index (χ4n) is 5.29. The second-order valence-corrected chi connectivity index (χ2v) is 14.0. The van der Waals surface area contributed by atoms with Crippen LogP contribution in [-0.4, -0.2) is 28.1 Å². The highest BCUT2D eigenvalue weighted by atomic mass is 127. The molecule has 2 aromatic carbocycles. The maximum Gasteiger partial charge on any atom is 0.266 e. The molecular weight excluding hydrogens is 727 g/mol. The smallest absolute Gasteiger partial charge is 0.266 e. The van der Waals surface area contributed by atoms with Crippen molar-refractivity contribution in [3.05, 3.63) is 64.9 Å². The molecule has 0 atom stereocenters. The zero-order valence-corrected chi connectivity index (χ0v) is 26.9. The summed E-state index contributed by atoms with van der Waals surface area (Å²) in [6.07, 6.45) is 13.9. The van der Waals surface area contributed by atoms with Crippen LogP contribution >= 0.6 is 66.2 Å². The van der Waals surface area contributed by atoms with Crippen LogP contribution in [0.3, 0.4) is 0 Å². The normalized spacial score (nSPS) is 21.8. The molecule has 2 saturated carbocycles. The van der Waals surface area contributed by atoms with Crippen LogP contribution in [0.2, 0.25) is 0 Å². The number of thioether (sulfide) groups is 1. The van der Waals surface area contributed by atoms with Crippen LogP contribution < -0.4 is 4.74 Å². The molecule has 0 unspecified atom stereocenters. The summed E-state index contributed by atoms with van der Waals surface area (Å²) in [5.74, 6) is 0.868. The third kappa shape index (κ3) is 7.03. The van der Waals surface area contributed by atoms with Crippen LogP contribution in [0.1, 0.15) is 75.3 Å². The van der Waals surface area contributed by atoms with E-state index >= 15 is 0 Å². The molecule has 1 saturated heterocycles. The van der Waals surface area contributed by atoms with Crippen molar-refractivity contribution in [2.45, 2.75) is 82.9 Å². The van der Waals surface area contributed by atoms with Crippen LogP contribution in [0.15, 0.2) is 55.2 Å². The number of amidine groups is 1. The van der Waals surface area contributed by atoms with Gasteiger partial charge in [-0.2, -0.15) is 0 Å². The number of ether oxygens (including phenoxy) is 1. The van der Waals surface area contributed by atoms with Gasteiger partial charge in [-0.1, -0.05) is 50.7 Å². The van der Waals surface area contributed by atoms with Crippen molar-refractivity contribution in [1.82, 2.24) is 4.90 Å². The van der Waals surface area contributed by atoms with Crippen molar-refractivity contribution in [3.63, 3.8) is 0 Å². The molecule has 2 aromatic rings. The minimum Gasteiger partial charge on any atom is -0.487 e. The van der Waals surface area contributed by atoms with E-state index in [4.69, 9.17) is 9.73 Å². The average Bonchev–Trinajstić information content (AvgIpc) is 3.19. The van der Waals surface area contributed by atoms with Gasteiger partial charge in [-0.3, -0.25) is 14.7 Å². The summed E-state index contributed by atoms with van der Waals surface area (Å²) in [6, 6.07) is 13.0. The first kappa shape index (κ1) is 27.7. The van der Waals surface area contributed by atoms with E-state index in [0.29, 0.717) is 12.6 Å². The Morgan fingerprint density at radius 3 is 2.24 bits per heavy atom. The van der Waals surface area contributed by atoms with Crippen molar-refractivity contribution >= 4 is 83.4 Å². The Bertz CT molecular complexity index is 1170. The fourth-order valence-corrected chi connectivity index (χ4v) is 8.21. The maximum atomic E-state index is 13.7. The summed E-state index contributed by atoms with van der Waals surface area (Å²) in [5.41, 5.74) is 2.07. The summed E-state index contributed by atoms with van der Waals surface area (Å²) >= 11 is 11.2. The van der Waals surface area contributed by atoms with Gasteiger partial charge < -0.3 is 4.74 Å². The first-order chi connectivity index (χ1) is 18.0. The molecule has 3 aliphatic rings. The standard InChI is InChI=1S/C29H31Br2IN2O2S/c30-24-15-20(16-25(31)27(24)36-18-19-11-13-21(32)14-12-19)17-26-28(35)34(23-9-5-2-6-10-23)29(37-26)33-22-7-3-1-4-8-22/h11-17,22-23H,1-10,18H2. The summed E-state index contributed by atoms with van der Waals surface area (Å²) in [7, 11) is 0. The molecule has 3 fully saturated rings. The lowest BCUT2D eigenvalue weighted by molar-refractivity contribution is -0.124. The Balaban J connectivity index is 1.37. The number of benzene rings is 2. The molecule has 0 bridgehead atoms. The molecule has 2 aliphatic carbocycles. The van der Waals surface area contributed by atoms with Gasteiger partial charge in [0, 0.05) is 9.61 Å². The van der Waals surface area contributed by atoms with E-state index in [1.807, 2.05) is 23.1 Å². The van der Waals surface area contributed by atoms with Crippen LogP contribution in [0, 0.1) is 3.57 Å². The second kappa shape index (κ2) is 13.0. The number of carbonyl (C=O) groups is 1. The highest BCUT2D eigenvalue weighted by molar-refractivity contribution is 14.1. The first-order valence-electron chi connectivity index (χ1n) is 13.1. The van der Waals surface area contributed by atoms with Gasteiger partial charge >= 0.3 is 0 Å². The predicted octanol–water partition coefficient (Wildman–Crippen LogP) is 9.33. The third-order valence-electron chi connectivity index (χ3n) is 7.26. The Hall–Kier alpha value is -0.840. The van der Waals surface area contributed by atoms with Crippen molar-refractivity contribution in [2.75, 3.05) is 0 Å². The van der Waals surface area contributed by atoms with Crippen LogP contribution in [0.4, 0.5) is 0 Å². The summed E-state index contributed by atoms with van der Waals surface area (Å²) in [4.78, 5) is 21.6. The first-order valence-corrected chi connectivity index (χ1v) is 16.6. The Morgan fingerprint density at radius 1 is 0.973 bits per heavy atom. The lowest BCUT2D eigenvalue weighted by Gasteiger charge is -2.31. The zero-order valence-electron chi connectivity index (χ0n) is 20.7. The highest BCUT2D eigenvalue weighted by Crippen LogP contribution is 2.40. The second-order valence-electron chi connectivity index (χ2n) is 10.0. The molecular formula is C29H31Br2IN2O2S. The predicted molar refractivity (Wildman–Crippen MR) is 169 cm³/mol. The largest absolute Gasteiger partial charge is 0.487 e. The number of aliphatic imine (C=N–C) groups is 1. The Labute approximate surface area is 254 Å². The number of halogens is 3. The molecule has 0 radical (unpaired) electrons. The Morgan fingerprint density at radius 2 is 1.59 bits per heavy atom. The highest BCUT2D eigenvalue weighted by Gasteiger charge is 2.39. The van der Waals surface area contributed by atoms with E-state index < -0.39 is 0 Å². The molecule has 1 heterocycles. The number of carbonyl (C=O) groups excluding carboxylic acids is 1. The summed E-state index contributed by atoms with van der Waals surface area (Å²) in [6.45, 7) is 0.486. The Kier molecular flexibility index (Phi) is 9.74. The lowest BCUT2D eigenvalue weighted by atomic mass is 9.94. The lowest BCUT2D eigenvalue weighted by Crippen LogP contribution is -2.41.